The summed E-state index contributed by atoms with van der Waals surface area (Å²) < 4.78 is 40.4. The summed E-state index contributed by atoms with van der Waals surface area (Å²) in [6.07, 6.45) is -2.53. The molecular formula is C20H17F3N6O2S. The first-order valence-corrected chi connectivity index (χ1v) is 10.6. The van der Waals surface area contributed by atoms with E-state index in [2.05, 4.69) is 26.2 Å². The number of hydrogen-bond acceptors (Lipinski definition) is 6. The lowest BCUT2D eigenvalue weighted by Crippen LogP contribution is -2.19. The van der Waals surface area contributed by atoms with Crippen molar-refractivity contribution in [3.63, 3.8) is 0 Å². The number of carbonyl (C=O) groups is 2. The van der Waals surface area contributed by atoms with E-state index in [0.29, 0.717) is 5.16 Å². The van der Waals surface area contributed by atoms with Crippen LogP contribution < -0.4 is 10.6 Å². The number of alkyl halides is 3. The van der Waals surface area contributed by atoms with Crippen molar-refractivity contribution in [3.05, 3.63) is 59.7 Å². The van der Waals surface area contributed by atoms with Gasteiger partial charge in [-0.3, -0.25) is 9.59 Å². The second kappa shape index (κ2) is 8.99. The van der Waals surface area contributed by atoms with Crippen LogP contribution in [0.25, 0.3) is 0 Å². The van der Waals surface area contributed by atoms with Gasteiger partial charge in [-0.15, -0.1) is 5.10 Å². The van der Waals surface area contributed by atoms with Crippen molar-refractivity contribution in [2.24, 2.45) is 0 Å². The normalized spacial score (nSPS) is 13.6. The molecule has 2 amide bonds. The quantitative estimate of drug-likeness (QED) is 0.515. The van der Waals surface area contributed by atoms with Crippen molar-refractivity contribution >= 4 is 35.0 Å². The Morgan fingerprint density at radius 1 is 1.09 bits per heavy atom. The van der Waals surface area contributed by atoms with Gasteiger partial charge in [-0.25, -0.2) is 4.68 Å². The van der Waals surface area contributed by atoms with Gasteiger partial charge in [-0.2, -0.15) is 13.2 Å². The Hall–Kier alpha value is -3.41. The van der Waals surface area contributed by atoms with Crippen LogP contribution in [0, 0.1) is 0 Å². The van der Waals surface area contributed by atoms with Crippen LogP contribution >= 0.6 is 11.8 Å². The molecule has 1 aromatic heterocycles. The maximum absolute atomic E-state index is 12.9. The molecule has 1 heterocycles. The lowest BCUT2D eigenvalue weighted by Gasteiger charge is -2.13. The first kappa shape index (κ1) is 21.8. The number of tetrazole rings is 1. The Kier molecular flexibility index (Phi) is 6.12. The van der Waals surface area contributed by atoms with Crippen molar-refractivity contribution in [2.75, 3.05) is 16.4 Å². The Morgan fingerprint density at radius 2 is 1.88 bits per heavy atom. The fourth-order valence-electron chi connectivity index (χ4n) is 2.91. The standard InChI is InChI=1S/C20H17F3N6O2S/c21-20(22,23)12-4-3-5-13(10-12)24-18(31)15-6-1-2-7-16(15)25-17(30)11-32-19-26-27-28-29(19)14-8-9-14/h1-7,10,14H,8-9,11H2,(H,24,31)(H,25,30). The number of para-hydroxylation sites is 1. The molecule has 32 heavy (non-hydrogen) atoms. The van der Waals surface area contributed by atoms with Gasteiger partial charge in [0.05, 0.1) is 28.6 Å². The molecule has 4 rings (SSSR count). The topological polar surface area (TPSA) is 102 Å². The molecule has 2 aromatic carbocycles. The van der Waals surface area contributed by atoms with Gasteiger partial charge in [0.2, 0.25) is 11.1 Å². The molecule has 0 aliphatic heterocycles. The molecule has 1 aliphatic carbocycles. The molecule has 1 aliphatic rings. The lowest BCUT2D eigenvalue weighted by atomic mass is 10.1. The van der Waals surface area contributed by atoms with Crippen LogP contribution in [0.1, 0.15) is 34.8 Å². The number of nitrogens with one attached hydrogen (secondary N) is 2. The average molecular weight is 462 g/mol. The van der Waals surface area contributed by atoms with Crippen LogP contribution in [0.5, 0.6) is 0 Å². The van der Waals surface area contributed by atoms with Crippen LogP contribution in [0.2, 0.25) is 0 Å². The van der Waals surface area contributed by atoms with E-state index in [9.17, 15) is 22.8 Å². The summed E-state index contributed by atoms with van der Waals surface area (Å²) in [5, 5.41) is 17.1. The predicted octanol–water partition coefficient (Wildman–Crippen LogP) is 4.01. The third kappa shape index (κ3) is 5.25. The number of halogens is 3. The minimum Gasteiger partial charge on any atom is -0.325 e. The maximum atomic E-state index is 12.9. The fourth-order valence-corrected chi connectivity index (χ4v) is 3.65. The molecule has 0 spiro atoms. The molecule has 0 saturated heterocycles. The van der Waals surface area contributed by atoms with Crippen LogP contribution in [0.3, 0.4) is 0 Å². The molecule has 166 valence electrons. The van der Waals surface area contributed by atoms with Gasteiger partial charge < -0.3 is 10.6 Å². The summed E-state index contributed by atoms with van der Waals surface area (Å²) in [6.45, 7) is 0. The van der Waals surface area contributed by atoms with Crippen molar-refractivity contribution in [1.82, 2.24) is 20.2 Å². The highest BCUT2D eigenvalue weighted by Gasteiger charge is 2.30. The van der Waals surface area contributed by atoms with E-state index >= 15 is 0 Å². The highest BCUT2D eigenvalue weighted by atomic mass is 32.2. The first-order valence-electron chi connectivity index (χ1n) is 9.59. The first-order chi connectivity index (χ1) is 15.3. The summed E-state index contributed by atoms with van der Waals surface area (Å²) in [5.74, 6) is -0.998. The SMILES string of the molecule is O=C(CSc1nnnn1C1CC1)Nc1ccccc1C(=O)Nc1cccc(C(F)(F)F)c1. The van der Waals surface area contributed by atoms with E-state index < -0.39 is 17.6 Å². The molecule has 0 radical (unpaired) electrons. The summed E-state index contributed by atoms with van der Waals surface area (Å²) in [6, 6.07) is 10.8. The number of thioether (sulfide) groups is 1. The molecule has 0 atom stereocenters. The molecule has 2 N–H and O–H groups in total. The highest BCUT2D eigenvalue weighted by Crippen LogP contribution is 2.36. The Balaban J connectivity index is 1.41. The zero-order valence-electron chi connectivity index (χ0n) is 16.5. The van der Waals surface area contributed by atoms with E-state index in [0.717, 1.165) is 25.0 Å². The lowest BCUT2D eigenvalue weighted by molar-refractivity contribution is -0.137. The van der Waals surface area contributed by atoms with Crippen molar-refractivity contribution in [1.29, 1.82) is 0 Å². The zero-order valence-corrected chi connectivity index (χ0v) is 17.3. The minimum absolute atomic E-state index is 0.00609. The molecule has 0 unspecified atom stereocenters. The van der Waals surface area contributed by atoms with Gasteiger partial charge in [0.1, 0.15) is 0 Å². The second-order valence-corrected chi connectivity index (χ2v) is 7.99. The number of anilines is 2. The summed E-state index contributed by atoms with van der Waals surface area (Å²) in [5.41, 5.74) is -0.522. The van der Waals surface area contributed by atoms with Gasteiger partial charge in [-0.1, -0.05) is 30.0 Å². The number of aromatic nitrogens is 4. The molecule has 12 heteroatoms. The molecule has 3 aromatic rings. The van der Waals surface area contributed by atoms with Gasteiger partial charge in [-0.05, 0) is 53.6 Å². The number of rotatable bonds is 7. The molecule has 1 fully saturated rings. The van der Waals surface area contributed by atoms with Gasteiger partial charge in [0, 0.05) is 5.69 Å². The number of benzene rings is 2. The minimum atomic E-state index is -4.52. The number of nitrogens with zero attached hydrogens (tertiary/aromatic N) is 4. The van der Waals surface area contributed by atoms with E-state index in [1.807, 2.05) is 0 Å². The highest BCUT2D eigenvalue weighted by molar-refractivity contribution is 7.99. The number of amides is 2. The van der Waals surface area contributed by atoms with E-state index in [1.165, 1.54) is 36.0 Å². The Bertz CT molecular complexity index is 1150. The van der Waals surface area contributed by atoms with Gasteiger partial charge in [0.15, 0.2) is 0 Å². The second-order valence-electron chi connectivity index (χ2n) is 7.05. The monoisotopic (exact) mass is 462 g/mol. The molecule has 1 saturated carbocycles. The van der Waals surface area contributed by atoms with Crippen LogP contribution in [0.4, 0.5) is 24.5 Å². The van der Waals surface area contributed by atoms with E-state index in [-0.39, 0.29) is 34.6 Å². The zero-order chi connectivity index (χ0) is 22.7. The van der Waals surface area contributed by atoms with Crippen LogP contribution in [0.15, 0.2) is 53.7 Å². The van der Waals surface area contributed by atoms with Crippen molar-refractivity contribution < 1.29 is 22.8 Å². The fraction of sp³-hybridized carbons (Fsp3) is 0.250. The molecule has 0 bridgehead atoms. The Morgan fingerprint density at radius 3 is 2.62 bits per heavy atom. The third-order valence-electron chi connectivity index (χ3n) is 4.58. The van der Waals surface area contributed by atoms with Gasteiger partial charge in [0.25, 0.3) is 5.91 Å². The number of carbonyl (C=O) groups excluding carboxylic acids is 2. The van der Waals surface area contributed by atoms with Crippen molar-refractivity contribution in [2.45, 2.75) is 30.2 Å². The van der Waals surface area contributed by atoms with Crippen LogP contribution in [-0.2, 0) is 11.0 Å². The van der Waals surface area contributed by atoms with E-state index in [4.69, 9.17) is 0 Å². The maximum Gasteiger partial charge on any atom is 0.416 e. The summed E-state index contributed by atoms with van der Waals surface area (Å²) >= 11 is 1.18. The largest absolute Gasteiger partial charge is 0.416 e. The molecule has 8 nitrogen and oxygen atoms in total. The van der Waals surface area contributed by atoms with Gasteiger partial charge >= 0.3 is 6.18 Å². The smallest absolute Gasteiger partial charge is 0.325 e. The van der Waals surface area contributed by atoms with E-state index in [1.54, 1.807) is 16.8 Å². The predicted molar refractivity (Wildman–Crippen MR) is 111 cm³/mol. The molecular weight excluding hydrogens is 445 g/mol. The Labute approximate surface area is 184 Å². The number of hydrogen-bond donors (Lipinski definition) is 2. The average Bonchev–Trinajstić information content (AvgIpc) is 3.49. The summed E-state index contributed by atoms with van der Waals surface area (Å²) in [7, 11) is 0. The summed E-state index contributed by atoms with van der Waals surface area (Å²) in [4.78, 5) is 25.1. The van der Waals surface area contributed by atoms with Crippen LogP contribution in [-0.4, -0.2) is 37.8 Å². The third-order valence-corrected chi connectivity index (χ3v) is 5.51. The van der Waals surface area contributed by atoms with Crippen molar-refractivity contribution in [3.8, 4) is 0 Å².